The number of rotatable bonds is 0. The Kier molecular flexibility index (Phi) is 1.68. The van der Waals surface area contributed by atoms with E-state index in [9.17, 15) is 4.79 Å². The first-order valence-corrected chi connectivity index (χ1v) is 5.17. The second kappa shape index (κ2) is 2.92. The van der Waals surface area contributed by atoms with Crippen LogP contribution in [0.5, 0.6) is 0 Å². The number of aryl methyl sites for hydroxylation is 2. The molecule has 2 aliphatic rings. The van der Waals surface area contributed by atoms with Crippen molar-refractivity contribution in [1.29, 1.82) is 0 Å². The molecule has 15 heavy (non-hydrogen) atoms. The average molecular weight is 204 g/mol. The molecule has 0 atom stereocenters. The third kappa shape index (κ3) is 1.19. The quantitative estimate of drug-likeness (QED) is 0.668. The summed E-state index contributed by atoms with van der Waals surface area (Å²) in [4.78, 5) is 22.2. The van der Waals surface area contributed by atoms with Gasteiger partial charge in [0.2, 0.25) is 5.91 Å². The van der Waals surface area contributed by atoms with Gasteiger partial charge in [0.25, 0.3) is 0 Å². The van der Waals surface area contributed by atoms with Crippen LogP contribution in [-0.4, -0.2) is 29.0 Å². The lowest BCUT2D eigenvalue weighted by Gasteiger charge is -2.34. The predicted molar refractivity (Wildman–Crippen MR) is 55.9 cm³/mol. The molecule has 2 aliphatic heterocycles. The molecule has 0 aromatic carbocycles. The van der Waals surface area contributed by atoms with Gasteiger partial charge in [-0.15, -0.1) is 0 Å². The number of carbonyl (C=O) groups is 1. The number of hydrogen-bond acceptors (Lipinski definition) is 4. The Labute approximate surface area is 87.5 Å². The molecule has 3 heterocycles. The lowest BCUT2D eigenvalue weighted by Crippen LogP contribution is -2.43. The molecule has 1 N–H and O–H groups in total. The average Bonchev–Trinajstić information content (AvgIpc) is 2.23. The number of nitrogens with one attached hydrogen (secondary N) is 1. The molecule has 1 aromatic heterocycles. The largest absolute Gasteiger partial charge is 0.359 e. The smallest absolute Gasteiger partial charge is 0.246 e. The van der Waals surface area contributed by atoms with Gasteiger partial charge in [0, 0.05) is 6.54 Å². The van der Waals surface area contributed by atoms with E-state index in [2.05, 4.69) is 15.3 Å². The van der Waals surface area contributed by atoms with Crippen LogP contribution in [0, 0.1) is 6.92 Å². The van der Waals surface area contributed by atoms with Gasteiger partial charge < -0.3 is 10.2 Å². The highest BCUT2D eigenvalue weighted by molar-refractivity contribution is 6.02. The molecular formula is C10H12N4O. The van der Waals surface area contributed by atoms with Crippen molar-refractivity contribution >= 4 is 17.4 Å². The maximum atomic E-state index is 11.7. The lowest BCUT2D eigenvalue weighted by atomic mass is 10.1. The summed E-state index contributed by atoms with van der Waals surface area (Å²) < 4.78 is 0. The van der Waals surface area contributed by atoms with Crippen molar-refractivity contribution in [2.75, 3.05) is 23.3 Å². The summed E-state index contributed by atoms with van der Waals surface area (Å²) in [7, 11) is 0. The normalized spacial score (nSPS) is 18.5. The molecule has 1 aromatic rings. The van der Waals surface area contributed by atoms with Crippen LogP contribution in [0.3, 0.4) is 0 Å². The van der Waals surface area contributed by atoms with Crippen LogP contribution in [0.4, 0.5) is 11.5 Å². The van der Waals surface area contributed by atoms with Crippen molar-refractivity contribution in [2.24, 2.45) is 0 Å². The maximum absolute atomic E-state index is 11.7. The van der Waals surface area contributed by atoms with E-state index < -0.39 is 0 Å². The monoisotopic (exact) mass is 204 g/mol. The molecule has 0 radical (unpaired) electrons. The van der Waals surface area contributed by atoms with Gasteiger partial charge in [0.1, 0.15) is 11.5 Å². The van der Waals surface area contributed by atoms with E-state index in [-0.39, 0.29) is 5.91 Å². The van der Waals surface area contributed by atoms with Crippen LogP contribution in [-0.2, 0) is 11.2 Å². The molecule has 78 valence electrons. The summed E-state index contributed by atoms with van der Waals surface area (Å²) >= 11 is 0. The minimum Gasteiger partial charge on any atom is -0.359 e. The number of amides is 1. The summed E-state index contributed by atoms with van der Waals surface area (Å²) in [6.07, 6.45) is 1.94. The van der Waals surface area contributed by atoms with Crippen LogP contribution in [0.2, 0.25) is 0 Å². The molecule has 0 unspecified atom stereocenters. The van der Waals surface area contributed by atoms with Crippen molar-refractivity contribution in [1.82, 2.24) is 9.97 Å². The first-order valence-electron chi connectivity index (χ1n) is 5.17. The van der Waals surface area contributed by atoms with Crippen molar-refractivity contribution in [3.8, 4) is 0 Å². The zero-order valence-electron chi connectivity index (χ0n) is 8.58. The predicted octanol–water partition coefficient (Wildman–Crippen LogP) is 0.490. The summed E-state index contributed by atoms with van der Waals surface area (Å²) in [5.41, 5.74) is 1.91. The van der Waals surface area contributed by atoms with E-state index in [1.165, 1.54) is 0 Å². The maximum Gasteiger partial charge on any atom is 0.246 e. The first-order chi connectivity index (χ1) is 7.25. The second-order valence-electron chi connectivity index (χ2n) is 3.92. The highest BCUT2D eigenvalue weighted by Gasteiger charge is 2.30. The SMILES string of the molecule is Cc1nc2c3c(n1)NCC(=O)N3CCC2. The fraction of sp³-hybridized carbons (Fsp3) is 0.500. The Hall–Kier alpha value is -1.65. The van der Waals surface area contributed by atoms with Gasteiger partial charge in [-0.3, -0.25) is 4.79 Å². The number of carbonyl (C=O) groups excluding carboxylic acids is 1. The Morgan fingerprint density at radius 1 is 1.40 bits per heavy atom. The molecule has 0 fully saturated rings. The molecule has 0 aliphatic carbocycles. The van der Waals surface area contributed by atoms with E-state index in [0.29, 0.717) is 6.54 Å². The Morgan fingerprint density at radius 3 is 3.13 bits per heavy atom. The highest BCUT2D eigenvalue weighted by atomic mass is 16.2. The molecule has 5 nitrogen and oxygen atoms in total. The first kappa shape index (κ1) is 8.64. The van der Waals surface area contributed by atoms with Crippen LogP contribution in [0.25, 0.3) is 0 Å². The number of hydrogen-bond donors (Lipinski definition) is 1. The Balaban J connectivity index is 2.22. The molecule has 1 amide bonds. The van der Waals surface area contributed by atoms with E-state index in [1.54, 1.807) is 0 Å². The van der Waals surface area contributed by atoms with Gasteiger partial charge in [-0.25, -0.2) is 9.97 Å². The Bertz CT molecular complexity index is 426. The fourth-order valence-corrected chi connectivity index (χ4v) is 2.23. The van der Waals surface area contributed by atoms with Crippen molar-refractivity contribution in [3.05, 3.63) is 11.5 Å². The van der Waals surface area contributed by atoms with E-state index >= 15 is 0 Å². The minimum atomic E-state index is 0.121. The van der Waals surface area contributed by atoms with Gasteiger partial charge in [-0.1, -0.05) is 0 Å². The van der Waals surface area contributed by atoms with Gasteiger partial charge in [-0.2, -0.15) is 0 Å². The van der Waals surface area contributed by atoms with E-state index in [1.807, 2.05) is 11.8 Å². The number of aromatic nitrogens is 2. The van der Waals surface area contributed by atoms with Crippen molar-refractivity contribution in [2.45, 2.75) is 19.8 Å². The molecule has 0 saturated heterocycles. The van der Waals surface area contributed by atoms with Crippen LogP contribution in [0.1, 0.15) is 17.9 Å². The zero-order valence-corrected chi connectivity index (χ0v) is 8.58. The molecule has 0 bridgehead atoms. The Morgan fingerprint density at radius 2 is 2.27 bits per heavy atom. The van der Waals surface area contributed by atoms with Gasteiger partial charge in [0.15, 0.2) is 5.82 Å². The molecule has 5 heteroatoms. The zero-order chi connectivity index (χ0) is 10.4. The van der Waals surface area contributed by atoms with Crippen LogP contribution < -0.4 is 10.2 Å². The molecule has 3 rings (SSSR count). The summed E-state index contributed by atoms with van der Waals surface area (Å²) in [6, 6.07) is 0. The standard InChI is InChI=1S/C10H12N4O/c1-6-12-7-3-2-4-14-8(15)5-11-10(13-6)9(7)14/h2-5H2,1H3,(H,11,12,13). The topological polar surface area (TPSA) is 58.1 Å². The van der Waals surface area contributed by atoms with Crippen molar-refractivity contribution < 1.29 is 4.79 Å². The van der Waals surface area contributed by atoms with Gasteiger partial charge in [0.05, 0.1) is 12.2 Å². The van der Waals surface area contributed by atoms with Crippen LogP contribution >= 0.6 is 0 Å². The number of nitrogens with zero attached hydrogens (tertiary/aromatic N) is 3. The third-order valence-corrected chi connectivity index (χ3v) is 2.84. The summed E-state index contributed by atoms with van der Waals surface area (Å²) in [5, 5.41) is 3.05. The molecule has 0 saturated carbocycles. The summed E-state index contributed by atoms with van der Waals surface area (Å²) in [5.74, 6) is 1.71. The molecule has 0 spiro atoms. The van der Waals surface area contributed by atoms with Crippen LogP contribution in [0.15, 0.2) is 0 Å². The highest BCUT2D eigenvalue weighted by Crippen LogP contribution is 2.34. The van der Waals surface area contributed by atoms with Crippen molar-refractivity contribution in [3.63, 3.8) is 0 Å². The van der Waals surface area contributed by atoms with E-state index in [0.717, 1.165) is 42.4 Å². The lowest BCUT2D eigenvalue weighted by molar-refractivity contribution is -0.117. The fourth-order valence-electron chi connectivity index (χ4n) is 2.23. The molecular weight excluding hydrogens is 192 g/mol. The second-order valence-corrected chi connectivity index (χ2v) is 3.92. The van der Waals surface area contributed by atoms with Gasteiger partial charge in [-0.05, 0) is 19.8 Å². The van der Waals surface area contributed by atoms with E-state index in [4.69, 9.17) is 0 Å². The number of anilines is 2. The third-order valence-electron chi connectivity index (χ3n) is 2.84. The van der Waals surface area contributed by atoms with Gasteiger partial charge >= 0.3 is 0 Å². The minimum absolute atomic E-state index is 0.121. The summed E-state index contributed by atoms with van der Waals surface area (Å²) in [6.45, 7) is 3.03.